The highest BCUT2D eigenvalue weighted by Crippen LogP contribution is 2.47. The maximum absolute atomic E-state index is 14.3. The van der Waals surface area contributed by atoms with Crippen molar-refractivity contribution in [3.8, 4) is 5.75 Å². The Hall–Kier alpha value is -3.70. The maximum Gasteiger partial charge on any atom is 0.286 e. The normalized spacial score (nSPS) is 28.9. The molecule has 51 heavy (non-hydrogen) atoms. The number of ether oxygens (including phenoxy) is 2. The Labute approximate surface area is 305 Å². The van der Waals surface area contributed by atoms with Gasteiger partial charge in [-0.1, -0.05) is 60.2 Å². The first-order chi connectivity index (χ1) is 24.6. The molecular weight excluding hydrogens is 686 g/mol. The summed E-state index contributed by atoms with van der Waals surface area (Å²) in [6.07, 6.45) is 8.78. The maximum atomic E-state index is 14.3. The number of anilines is 1. The molecular formula is C40H46ClN3O6S. The smallest absolute Gasteiger partial charge is 0.286 e. The summed E-state index contributed by atoms with van der Waals surface area (Å²) in [7, 11) is -1.78. The topological polar surface area (TPSA) is 118 Å². The van der Waals surface area contributed by atoms with E-state index in [0.717, 1.165) is 49.4 Å². The molecule has 0 saturated heterocycles. The minimum atomic E-state index is -3.53. The molecule has 0 aromatic heterocycles. The minimum absolute atomic E-state index is 0.0217. The predicted octanol–water partition coefficient (Wildman–Crippen LogP) is 6.97. The van der Waals surface area contributed by atoms with Gasteiger partial charge in [-0.15, -0.1) is 4.36 Å². The number of carbonyl (C=O) groups is 2. The minimum Gasteiger partial charge on any atom is -0.490 e. The molecule has 2 aliphatic heterocycles. The number of nitrogens with zero attached hydrogens (tertiary/aromatic N) is 2. The van der Waals surface area contributed by atoms with Crippen LogP contribution in [0.1, 0.15) is 78.1 Å². The van der Waals surface area contributed by atoms with Gasteiger partial charge >= 0.3 is 0 Å². The molecule has 1 fully saturated rings. The second kappa shape index (κ2) is 15.1. The van der Waals surface area contributed by atoms with E-state index in [0.29, 0.717) is 49.1 Å². The SMILES string of the molecule is CO[C@H]1/C=C/CCCS(=O)(NC(=O)C[C@H](O)c2ccccc2)=NC(=O)c2ccc3c(c2)N(C[C@@H]2CC[C@H]21)C[C@@]1(CCCc2cc(Cl)ccc21)CO3. The summed E-state index contributed by atoms with van der Waals surface area (Å²) in [5.74, 6) is 0.0637. The standard InChI is InChI=1S/C40H46ClN3O6S/c1-49-36-12-6-3-7-20-51(48,42-38(46)23-35(45)27-9-4-2-5-10-27)43-39(47)29-14-18-37-34(22-29)44(24-30-13-16-32(30)36)25-40(26-50-37)19-8-11-28-21-31(41)15-17-33(28)40/h2,4-6,9-10,12,14-15,17-18,21-22,30,32,35-36,45H,3,7-8,11,13,16,19-20,23-26H2,1H3,(H,42,43,46,47,48)/b12-6+/t30-,32+,35-,36-,40-,51?/m0/s1. The first-order valence-electron chi connectivity index (χ1n) is 18.0. The molecule has 270 valence electrons. The van der Waals surface area contributed by atoms with Crippen LogP contribution in [0.3, 0.4) is 0 Å². The highest BCUT2D eigenvalue weighted by Gasteiger charge is 2.44. The Balaban J connectivity index is 1.24. The number of methoxy groups -OCH3 is 1. The fourth-order valence-corrected chi connectivity index (χ4v) is 10.1. The van der Waals surface area contributed by atoms with E-state index >= 15 is 0 Å². The zero-order chi connectivity index (χ0) is 35.6. The molecule has 6 atom stereocenters. The first kappa shape index (κ1) is 35.7. The Morgan fingerprint density at radius 2 is 2.00 bits per heavy atom. The van der Waals surface area contributed by atoms with Crippen LogP contribution >= 0.6 is 11.6 Å². The van der Waals surface area contributed by atoms with Crippen molar-refractivity contribution in [2.24, 2.45) is 16.2 Å². The number of hydrogen-bond acceptors (Lipinski definition) is 7. The molecule has 2 amide bonds. The zero-order valence-corrected chi connectivity index (χ0v) is 30.5. The second-order valence-corrected chi connectivity index (χ2v) is 17.0. The Bertz CT molecular complexity index is 1930. The lowest BCUT2D eigenvalue weighted by atomic mass is 9.68. The van der Waals surface area contributed by atoms with Gasteiger partial charge in [-0.25, -0.2) is 4.21 Å². The van der Waals surface area contributed by atoms with Crippen molar-refractivity contribution in [1.29, 1.82) is 0 Å². The van der Waals surface area contributed by atoms with E-state index in [9.17, 15) is 18.9 Å². The number of hydrogen-bond donors (Lipinski definition) is 2. The lowest BCUT2D eigenvalue weighted by Gasteiger charge is -2.46. The van der Waals surface area contributed by atoms with E-state index in [1.807, 2.05) is 24.3 Å². The number of aryl methyl sites for hydroxylation is 1. The van der Waals surface area contributed by atoms with E-state index < -0.39 is 27.8 Å². The van der Waals surface area contributed by atoms with Gasteiger partial charge in [-0.3, -0.25) is 14.3 Å². The van der Waals surface area contributed by atoms with Crippen LogP contribution in [0.2, 0.25) is 5.02 Å². The molecule has 1 saturated carbocycles. The highest BCUT2D eigenvalue weighted by atomic mass is 35.5. The van der Waals surface area contributed by atoms with Crippen LogP contribution in [0, 0.1) is 11.8 Å². The van der Waals surface area contributed by atoms with Crippen LogP contribution in [0.4, 0.5) is 5.69 Å². The number of benzene rings is 3. The number of rotatable bonds is 5. The number of nitrogens with one attached hydrogen (secondary N) is 1. The number of carbonyl (C=O) groups excluding carboxylic acids is 2. The van der Waals surface area contributed by atoms with Gasteiger partial charge in [0.2, 0.25) is 5.91 Å². The average Bonchev–Trinajstić information content (AvgIpc) is 3.25. The van der Waals surface area contributed by atoms with Gasteiger partial charge in [0.05, 0.1) is 36.7 Å². The third kappa shape index (κ3) is 7.75. The summed E-state index contributed by atoms with van der Waals surface area (Å²) in [5.41, 5.74) is 3.89. The van der Waals surface area contributed by atoms with Gasteiger partial charge in [0, 0.05) is 36.2 Å². The number of allylic oxidation sites excluding steroid dienone is 1. The third-order valence-corrected chi connectivity index (χ3v) is 13.2. The molecule has 3 aromatic rings. The molecule has 3 aromatic carbocycles. The highest BCUT2D eigenvalue weighted by molar-refractivity contribution is 7.92. The van der Waals surface area contributed by atoms with Gasteiger partial charge in [0.15, 0.2) is 0 Å². The van der Waals surface area contributed by atoms with Gasteiger partial charge in [-0.05, 0) is 104 Å². The number of aliphatic hydroxyl groups is 1. The third-order valence-electron chi connectivity index (χ3n) is 11.1. The summed E-state index contributed by atoms with van der Waals surface area (Å²) in [6, 6.07) is 20.3. The molecule has 2 bridgehead atoms. The fraction of sp³-hybridized carbons (Fsp3) is 0.450. The summed E-state index contributed by atoms with van der Waals surface area (Å²) in [6.45, 7) is 1.97. The molecule has 2 heterocycles. The number of halogens is 1. The lowest BCUT2D eigenvalue weighted by molar-refractivity contribution is -0.121. The predicted molar refractivity (Wildman–Crippen MR) is 200 cm³/mol. The van der Waals surface area contributed by atoms with Crippen molar-refractivity contribution >= 4 is 39.0 Å². The molecule has 7 rings (SSSR count). The van der Waals surface area contributed by atoms with E-state index in [1.165, 1.54) is 11.1 Å². The lowest BCUT2D eigenvalue weighted by Crippen LogP contribution is -2.49. The van der Waals surface area contributed by atoms with Gasteiger partial charge in [0.25, 0.3) is 5.91 Å². The monoisotopic (exact) mass is 731 g/mol. The van der Waals surface area contributed by atoms with Gasteiger partial charge in [-0.2, -0.15) is 0 Å². The molecule has 0 radical (unpaired) electrons. The summed E-state index contributed by atoms with van der Waals surface area (Å²) in [5, 5.41) is 11.4. The van der Waals surface area contributed by atoms with Crippen molar-refractivity contribution in [3.05, 3.63) is 106 Å². The Morgan fingerprint density at radius 1 is 1.16 bits per heavy atom. The average molecular weight is 732 g/mol. The summed E-state index contributed by atoms with van der Waals surface area (Å²) in [4.78, 5) is 29.4. The fourth-order valence-electron chi connectivity index (χ4n) is 8.30. The van der Waals surface area contributed by atoms with E-state index in [2.05, 4.69) is 32.2 Å². The zero-order valence-electron chi connectivity index (χ0n) is 29.0. The summed E-state index contributed by atoms with van der Waals surface area (Å²) >= 11 is 6.45. The van der Waals surface area contributed by atoms with Crippen LogP contribution in [-0.2, 0) is 31.3 Å². The molecule has 2 aliphatic carbocycles. The summed E-state index contributed by atoms with van der Waals surface area (Å²) < 4.78 is 33.6. The molecule has 9 nitrogen and oxygen atoms in total. The molecule has 1 spiro atoms. The number of fused-ring (bicyclic) bond motifs is 4. The van der Waals surface area contributed by atoms with Crippen LogP contribution < -0.4 is 14.4 Å². The van der Waals surface area contributed by atoms with Crippen LogP contribution in [0.5, 0.6) is 5.75 Å². The second-order valence-electron chi connectivity index (χ2n) is 14.5. The molecule has 11 heteroatoms. The Morgan fingerprint density at radius 3 is 2.78 bits per heavy atom. The van der Waals surface area contributed by atoms with E-state index in [-0.39, 0.29) is 29.3 Å². The van der Waals surface area contributed by atoms with E-state index in [4.69, 9.17) is 21.1 Å². The van der Waals surface area contributed by atoms with Crippen LogP contribution in [0.15, 0.2) is 83.2 Å². The molecule has 2 N–H and O–H groups in total. The van der Waals surface area contributed by atoms with Crippen LogP contribution in [-0.4, -0.2) is 59.8 Å². The van der Waals surface area contributed by atoms with E-state index in [1.54, 1.807) is 43.5 Å². The van der Waals surface area contributed by atoms with Gasteiger partial charge < -0.3 is 19.5 Å². The molecule has 1 unspecified atom stereocenters. The van der Waals surface area contributed by atoms with Crippen molar-refractivity contribution in [2.45, 2.75) is 69.0 Å². The van der Waals surface area contributed by atoms with Crippen molar-refractivity contribution in [1.82, 2.24) is 4.72 Å². The van der Waals surface area contributed by atoms with Crippen molar-refractivity contribution < 1.29 is 28.4 Å². The van der Waals surface area contributed by atoms with Crippen molar-refractivity contribution in [3.63, 3.8) is 0 Å². The van der Waals surface area contributed by atoms with Crippen LogP contribution in [0.25, 0.3) is 0 Å². The molecule has 4 aliphatic rings. The quantitative estimate of drug-likeness (QED) is 0.273. The largest absolute Gasteiger partial charge is 0.490 e. The first-order valence-corrected chi connectivity index (χ1v) is 20.0. The van der Waals surface area contributed by atoms with Crippen molar-refractivity contribution in [2.75, 3.05) is 37.5 Å². The number of amides is 2. The number of aliphatic hydroxyl groups excluding tert-OH is 1. The van der Waals surface area contributed by atoms with Gasteiger partial charge in [0.1, 0.15) is 15.7 Å². The Kier molecular flexibility index (Phi) is 10.6.